The zero-order chi connectivity index (χ0) is 15.8. The summed E-state index contributed by atoms with van der Waals surface area (Å²) in [6.45, 7) is 0. The van der Waals surface area contributed by atoms with Crippen molar-refractivity contribution in [3.05, 3.63) is 62.1 Å². The van der Waals surface area contributed by atoms with Gasteiger partial charge in [0.2, 0.25) is 0 Å². The summed E-state index contributed by atoms with van der Waals surface area (Å²) in [7, 11) is 0. The number of alkyl halides is 3. The van der Waals surface area contributed by atoms with Gasteiger partial charge in [0.05, 0.1) is 15.0 Å². The molecular formula is C13H6Cl2F3NO2. The van der Waals surface area contributed by atoms with Crippen LogP contribution >= 0.6 is 23.2 Å². The number of hydrogen-bond acceptors (Lipinski definition) is 2. The molecule has 0 aliphatic heterocycles. The predicted molar refractivity (Wildman–Crippen MR) is 73.6 cm³/mol. The second-order valence-corrected chi connectivity index (χ2v) is 4.87. The van der Waals surface area contributed by atoms with Gasteiger partial charge in [-0.05, 0) is 17.7 Å². The van der Waals surface area contributed by atoms with Crippen LogP contribution in [-0.4, -0.2) is 4.92 Å². The zero-order valence-electron chi connectivity index (χ0n) is 10.1. The van der Waals surface area contributed by atoms with Gasteiger partial charge in [0.25, 0.3) is 5.69 Å². The molecule has 0 aromatic heterocycles. The van der Waals surface area contributed by atoms with Gasteiger partial charge in [0.1, 0.15) is 5.56 Å². The molecule has 8 heteroatoms. The summed E-state index contributed by atoms with van der Waals surface area (Å²) >= 11 is 11.8. The first-order valence-electron chi connectivity index (χ1n) is 5.52. The number of nitrogens with zero attached hydrogens (tertiary/aromatic N) is 1. The van der Waals surface area contributed by atoms with E-state index in [4.69, 9.17) is 23.2 Å². The van der Waals surface area contributed by atoms with Crippen LogP contribution < -0.4 is 0 Å². The maximum atomic E-state index is 12.7. The van der Waals surface area contributed by atoms with Gasteiger partial charge < -0.3 is 0 Å². The Hall–Kier alpha value is -1.79. The molecule has 0 fully saturated rings. The fourth-order valence-electron chi connectivity index (χ4n) is 1.82. The van der Waals surface area contributed by atoms with Gasteiger partial charge in [-0.1, -0.05) is 41.4 Å². The lowest BCUT2D eigenvalue weighted by molar-refractivity contribution is -0.388. The molecule has 2 rings (SSSR count). The molecule has 0 bridgehead atoms. The number of hydrogen-bond donors (Lipinski definition) is 0. The molecule has 2 aromatic rings. The Balaban J connectivity index is 2.66. The molecule has 0 amide bonds. The summed E-state index contributed by atoms with van der Waals surface area (Å²) in [5, 5.41) is 11.2. The van der Waals surface area contributed by atoms with Gasteiger partial charge in [0, 0.05) is 11.6 Å². The van der Waals surface area contributed by atoms with Crippen LogP contribution in [0.3, 0.4) is 0 Å². The van der Waals surface area contributed by atoms with Gasteiger partial charge >= 0.3 is 6.18 Å². The molecule has 0 unspecified atom stereocenters. The lowest BCUT2D eigenvalue weighted by Crippen LogP contribution is -2.08. The van der Waals surface area contributed by atoms with E-state index >= 15 is 0 Å². The average molecular weight is 336 g/mol. The van der Waals surface area contributed by atoms with Crippen molar-refractivity contribution in [3.63, 3.8) is 0 Å². The summed E-state index contributed by atoms with van der Waals surface area (Å²) in [6, 6.07) is 7.18. The van der Waals surface area contributed by atoms with Gasteiger partial charge in [0.15, 0.2) is 0 Å². The fraction of sp³-hybridized carbons (Fsp3) is 0.0769. The number of rotatable bonds is 2. The zero-order valence-corrected chi connectivity index (χ0v) is 11.6. The molecule has 0 spiro atoms. The number of benzene rings is 2. The van der Waals surface area contributed by atoms with Gasteiger partial charge in [-0.25, -0.2) is 0 Å². The van der Waals surface area contributed by atoms with Crippen molar-refractivity contribution in [2.24, 2.45) is 0 Å². The van der Waals surface area contributed by atoms with Crippen molar-refractivity contribution in [2.75, 3.05) is 0 Å². The summed E-state index contributed by atoms with van der Waals surface area (Å²) in [6.07, 6.45) is -4.81. The third-order valence-electron chi connectivity index (χ3n) is 2.76. The third kappa shape index (κ3) is 3.11. The Kier molecular flexibility index (Phi) is 4.11. The maximum Gasteiger partial charge on any atom is 0.422 e. The lowest BCUT2D eigenvalue weighted by atomic mass is 10.0. The normalized spacial score (nSPS) is 11.5. The van der Waals surface area contributed by atoms with Crippen molar-refractivity contribution in [1.82, 2.24) is 0 Å². The average Bonchev–Trinajstić information content (AvgIpc) is 2.40. The summed E-state index contributed by atoms with van der Waals surface area (Å²) in [4.78, 5) is 9.77. The molecule has 0 heterocycles. The van der Waals surface area contributed by atoms with E-state index in [9.17, 15) is 23.3 Å². The Morgan fingerprint density at radius 3 is 2.33 bits per heavy atom. The highest BCUT2D eigenvalue weighted by molar-refractivity contribution is 6.43. The lowest BCUT2D eigenvalue weighted by Gasteiger charge is -2.10. The van der Waals surface area contributed by atoms with E-state index in [1.807, 2.05) is 0 Å². The highest BCUT2D eigenvalue weighted by Crippen LogP contribution is 2.40. The first kappa shape index (κ1) is 15.6. The SMILES string of the molecule is O=[N+]([O-])c1cc(-c2cccc(Cl)c2Cl)ccc1C(F)(F)F. The Bertz CT molecular complexity index is 717. The van der Waals surface area contributed by atoms with Crippen LogP contribution in [-0.2, 0) is 6.18 Å². The van der Waals surface area contributed by atoms with E-state index < -0.39 is 22.4 Å². The molecular weight excluding hydrogens is 330 g/mol. The predicted octanol–water partition coefficient (Wildman–Crippen LogP) is 5.59. The summed E-state index contributed by atoms with van der Waals surface area (Å²) in [5.74, 6) is 0. The first-order chi connectivity index (χ1) is 9.71. The van der Waals surface area contributed by atoms with E-state index in [-0.39, 0.29) is 15.6 Å². The topological polar surface area (TPSA) is 43.1 Å². The third-order valence-corrected chi connectivity index (χ3v) is 3.58. The highest BCUT2D eigenvalue weighted by Gasteiger charge is 2.38. The molecule has 0 radical (unpaired) electrons. The van der Waals surface area contributed by atoms with Crippen LogP contribution in [0, 0.1) is 10.1 Å². The van der Waals surface area contributed by atoms with E-state index in [1.54, 1.807) is 6.07 Å². The quantitative estimate of drug-likeness (QED) is 0.530. The molecule has 0 atom stereocenters. The minimum Gasteiger partial charge on any atom is -0.258 e. The summed E-state index contributed by atoms with van der Waals surface area (Å²) < 4.78 is 38.2. The molecule has 110 valence electrons. The van der Waals surface area contributed by atoms with Crippen LogP contribution in [0.25, 0.3) is 11.1 Å². The van der Waals surface area contributed by atoms with Crippen LogP contribution in [0.4, 0.5) is 18.9 Å². The minimum absolute atomic E-state index is 0.119. The van der Waals surface area contributed by atoms with Crippen molar-refractivity contribution < 1.29 is 18.1 Å². The Labute approximate surface area is 127 Å². The standard InChI is InChI=1S/C13H6Cl2F3NO2/c14-10-3-1-2-8(12(10)15)7-4-5-9(13(16,17)18)11(6-7)19(20)21/h1-6H. The fourth-order valence-corrected chi connectivity index (χ4v) is 2.23. The molecule has 21 heavy (non-hydrogen) atoms. The Morgan fingerprint density at radius 2 is 1.76 bits per heavy atom. The van der Waals surface area contributed by atoms with Crippen molar-refractivity contribution >= 4 is 28.9 Å². The highest BCUT2D eigenvalue weighted by atomic mass is 35.5. The second-order valence-electron chi connectivity index (χ2n) is 4.09. The monoisotopic (exact) mass is 335 g/mol. The molecule has 3 nitrogen and oxygen atoms in total. The number of halogens is 5. The molecule has 0 saturated heterocycles. The van der Waals surface area contributed by atoms with E-state index in [0.29, 0.717) is 11.6 Å². The van der Waals surface area contributed by atoms with Gasteiger partial charge in [-0.2, -0.15) is 13.2 Å². The Morgan fingerprint density at radius 1 is 1.10 bits per heavy atom. The van der Waals surface area contributed by atoms with E-state index in [2.05, 4.69) is 0 Å². The molecule has 0 saturated carbocycles. The minimum atomic E-state index is -4.81. The number of nitro benzene ring substituents is 1. The van der Waals surface area contributed by atoms with Gasteiger partial charge in [-0.3, -0.25) is 10.1 Å². The van der Waals surface area contributed by atoms with Crippen LogP contribution in [0.2, 0.25) is 10.0 Å². The van der Waals surface area contributed by atoms with Gasteiger partial charge in [-0.15, -0.1) is 0 Å². The van der Waals surface area contributed by atoms with Crippen molar-refractivity contribution in [1.29, 1.82) is 0 Å². The van der Waals surface area contributed by atoms with Crippen LogP contribution in [0.15, 0.2) is 36.4 Å². The number of nitro groups is 1. The van der Waals surface area contributed by atoms with Crippen LogP contribution in [0.1, 0.15) is 5.56 Å². The van der Waals surface area contributed by atoms with Crippen molar-refractivity contribution in [3.8, 4) is 11.1 Å². The molecule has 0 aliphatic rings. The van der Waals surface area contributed by atoms with Crippen LogP contribution in [0.5, 0.6) is 0 Å². The second kappa shape index (κ2) is 5.54. The van der Waals surface area contributed by atoms with Crippen molar-refractivity contribution in [2.45, 2.75) is 6.18 Å². The van der Waals surface area contributed by atoms with E-state index in [1.165, 1.54) is 12.1 Å². The smallest absolute Gasteiger partial charge is 0.258 e. The molecule has 0 aliphatic carbocycles. The molecule has 0 N–H and O–H groups in total. The largest absolute Gasteiger partial charge is 0.422 e. The molecule has 2 aromatic carbocycles. The first-order valence-corrected chi connectivity index (χ1v) is 6.27. The van der Waals surface area contributed by atoms with E-state index in [0.717, 1.165) is 12.1 Å². The maximum absolute atomic E-state index is 12.7. The summed E-state index contributed by atoms with van der Waals surface area (Å²) in [5.41, 5.74) is -1.84.